The van der Waals surface area contributed by atoms with Crippen molar-refractivity contribution >= 4 is 12.2 Å². The van der Waals surface area contributed by atoms with Crippen LogP contribution in [0.25, 0.3) is 0 Å². The molecular formula is C15H23N3O2. The van der Waals surface area contributed by atoms with E-state index >= 15 is 0 Å². The van der Waals surface area contributed by atoms with E-state index in [1.54, 1.807) is 6.07 Å². The topological polar surface area (TPSA) is 45.5 Å². The minimum Gasteiger partial charge on any atom is -0.345 e. The highest BCUT2D eigenvalue weighted by atomic mass is 16.2. The second kappa shape index (κ2) is 6.70. The number of carbonyl (C=O) groups excluding carboxylic acids is 2. The number of rotatable bonds is 5. The SMILES string of the molecule is CN1CCC(N(C)C(=O)CCn2cccc2C=O)CC1. The Morgan fingerprint density at radius 1 is 1.45 bits per heavy atom. The number of nitrogens with zero attached hydrogens (tertiary/aromatic N) is 3. The Kier molecular flexibility index (Phi) is 4.95. The molecule has 1 aliphatic heterocycles. The number of hydrogen-bond acceptors (Lipinski definition) is 3. The summed E-state index contributed by atoms with van der Waals surface area (Å²) < 4.78 is 1.83. The molecule has 0 saturated carbocycles. The second-order valence-corrected chi connectivity index (χ2v) is 5.53. The highest BCUT2D eigenvalue weighted by Gasteiger charge is 2.23. The number of aryl methyl sites for hydroxylation is 1. The Morgan fingerprint density at radius 2 is 2.15 bits per heavy atom. The standard InChI is InChI=1S/C15H23N3O2/c1-16-9-5-13(6-10-16)17(2)15(20)7-11-18-8-3-4-14(18)12-19/h3-4,8,12-13H,5-7,9-11H2,1-2H3. The van der Waals surface area contributed by atoms with Crippen molar-refractivity contribution in [1.82, 2.24) is 14.4 Å². The molecule has 1 fully saturated rings. The van der Waals surface area contributed by atoms with Crippen molar-refractivity contribution in [3.05, 3.63) is 24.0 Å². The van der Waals surface area contributed by atoms with Gasteiger partial charge in [-0.3, -0.25) is 9.59 Å². The van der Waals surface area contributed by atoms with Gasteiger partial charge in [0, 0.05) is 32.3 Å². The van der Waals surface area contributed by atoms with Gasteiger partial charge in [0.25, 0.3) is 0 Å². The first kappa shape index (κ1) is 14.8. The van der Waals surface area contributed by atoms with Crippen LogP contribution in [0.2, 0.25) is 0 Å². The largest absolute Gasteiger partial charge is 0.345 e. The summed E-state index contributed by atoms with van der Waals surface area (Å²) in [7, 11) is 4.01. The molecule has 110 valence electrons. The van der Waals surface area contributed by atoms with Crippen LogP contribution < -0.4 is 0 Å². The summed E-state index contributed by atoms with van der Waals surface area (Å²) in [4.78, 5) is 27.2. The lowest BCUT2D eigenvalue weighted by molar-refractivity contribution is -0.133. The van der Waals surface area contributed by atoms with Crippen LogP contribution in [0, 0.1) is 0 Å². The van der Waals surface area contributed by atoms with E-state index < -0.39 is 0 Å². The molecule has 0 aliphatic carbocycles. The van der Waals surface area contributed by atoms with Gasteiger partial charge >= 0.3 is 0 Å². The Hall–Kier alpha value is -1.62. The minimum atomic E-state index is 0.158. The van der Waals surface area contributed by atoms with Crippen molar-refractivity contribution in [3.63, 3.8) is 0 Å². The zero-order valence-corrected chi connectivity index (χ0v) is 12.3. The van der Waals surface area contributed by atoms with Crippen LogP contribution in [0.3, 0.4) is 0 Å². The van der Waals surface area contributed by atoms with Gasteiger partial charge in [-0.1, -0.05) is 0 Å². The fourth-order valence-corrected chi connectivity index (χ4v) is 2.72. The van der Waals surface area contributed by atoms with E-state index in [1.165, 1.54) is 0 Å². The van der Waals surface area contributed by atoms with Gasteiger partial charge < -0.3 is 14.4 Å². The lowest BCUT2D eigenvalue weighted by atomic mass is 10.0. The van der Waals surface area contributed by atoms with E-state index in [0.717, 1.165) is 32.2 Å². The van der Waals surface area contributed by atoms with Gasteiger partial charge in [-0.05, 0) is 45.1 Å². The van der Waals surface area contributed by atoms with E-state index in [4.69, 9.17) is 0 Å². The molecule has 1 saturated heterocycles. The summed E-state index contributed by atoms with van der Waals surface area (Å²) in [5, 5.41) is 0. The molecule has 0 aromatic carbocycles. The Morgan fingerprint density at radius 3 is 2.80 bits per heavy atom. The molecule has 1 aromatic heterocycles. The summed E-state index contributed by atoms with van der Waals surface area (Å²) in [6.45, 7) is 2.67. The molecule has 1 amide bonds. The molecule has 0 N–H and O–H groups in total. The molecule has 1 aliphatic rings. The third kappa shape index (κ3) is 3.48. The zero-order valence-electron chi connectivity index (χ0n) is 12.3. The third-order valence-electron chi connectivity index (χ3n) is 4.18. The number of carbonyl (C=O) groups is 2. The molecule has 1 aromatic rings. The van der Waals surface area contributed by atoms with Crippen molar-refractivity contribution in [1.29, 1.82) is 0 Å². The quantitative estimate of drug-likeness (QED) is 0.761. The smallest absolute Gasteiger partial charge is 0.224 e. The van der Waals surface area contributed by atoms with E-state index in [2.05, 4.69) is 11.9 Å². The van der Waals surface area contributed by atoms with E-state index in [9.17, 15) is 9.59 Å². The van der Waals surface area contributed by atoms with Crippen molar-refractivity contribution in [2.75, 3.05) is 27.2 Å². The number of hydrogen-bond donors (Lipinski definition) is 0. The summed E-state index contributed by atoms with van der Waals surface area (Å²) in [6.07, 6.45) is 5.19. The lowest BCUT2D eigenvalue weighted by Crippen LogP contribution is -2.44. The second-order valence-electron chi connectivity index (χ2n) is 5.53. The average Bonchev–Trinajstić information content (AvgIpc) is 2.92. The Labute approximate surface area is 120 Å². The average molecular weight is 277 g/mol. The highest BCUT2D eigenvalue weighted by molar-refractivity contribution is 5.76. The lowest BCUT2D eigenvalue weighted by Gasteiger charge is -2.35. The van der Waals surface area contributed by atoms with Gasteiger partial charge in [0.05, 0.1) is 5.69 Å². The van der Waals surface area contributed by atoms with Gasteiger partial charge in [-0.15, -0.1) is 0 Å². The maximum atomic E-state index is 12.2. The third-order valence-corrected chi connectivity index (χ3v) is 4.18. The van der Waals surface area contributed by atoms with Crippen molar-refractivity contribution < 1.29 is 9.59 Å². The van der Waals surface area contributed by atoms with Crippen LogP contribution in [0.4, 0.5) is 0 Å². The van der Waals surface area contributed by atoms with E-state index in [-0.39, 0.29) is 5.91 Å². The van der Waals surface area contributed by atoms with Crippen LogP contribution in [0.15, 0.2) is 18.3 Å². The maximum Gasteiger partial charge on any atom is 0.224 e. The summed E-state index contributed by atoms with van der Waals surface area (Å²) in [5.74, 6) is 0.158. The van der Waals surface area contributed by atoms with Gasteiger partial charge in [0.1, 0.15) is 0 Å². The molecule has 5 nitrogen and oxygen atoms in total. The number of aldehydes is 1. The predicted molar refractivity (Wildman–Crippen MR) is 77.7 cm³/mol. The molecule has 5 heteroatoms. The molecule has 0 unspecified atom stereocenters. The van der Waals surface area contributed by atoms with Gasteiger partial charge in [0.2, 0.25) is 5.91 Å². The van der Waals surface area contributed by atoms with Gasteiger partial charge in [-0.2, -0.15) is 0 Å². The summed E-state index contributed by atoms with van der Waals surface area (Å²) in [5.41, 5.74) is 0.625. The molecule has 0 bridgehead atoms. The summed E-state index contributed by atoms with van der Waals surface area (Å²) in [6, 6.07) is 3.95. The van der Waals surface area contributed by atoms with Crippen LogP contribution in [0.1, 0.15) is 29.8 Å². The van der Waals surface area contributed by atoms with Crippen molar-refractivity contribution in [2.24, 2.45) is 0 Å². The Balaban J connectivity index is 1.83. The fraction of sp³-hybridized carbons (Fsp3) is 0.600. The van der Waals surface area contributed by atoms with Crippen LogP contribution in [-0.2, 0) is 11.3 Å². The Bertz CT molecular complexity index is 461. The van der Waals surface area contributed by atoms with Crippen LogP contribution in [-0.4, -0.2) is 59.8 Å². The normalized spacial score (nSPS) is 17.1. The molecule has 2 rings (SSSR count). The zero-order chi connectivity index (χ0) is 14.5. The molecule has 0 atom stereocenters. The maximum absolute atomic E-state index is 12.2. The molecule has 2 heterocycles. The fourth-order valence-electron chi connectivity index (χ4n) is 2.72. The number of likely N-dealkylation sites (tertiary alicyclic amines) is 1. The van der Waals surface area contributed by atoms with Gasteiger partial charge in [0.15, 0.2) is 6.29 Å². The summed E-state index contributed by atoms with van der Waals surface area (Å²) >= 11 is 0. The van der Waals surface area contributed by atoms with Crippen molar-refractivity contribution in [2.45, 2.75) is 31.8 Å². The monoisotopic (exact) mass is 277 g/mol. The van der Waals surface area contributed by atoms with E-state index in [1.807, 2.05) is 28.8 Å². The number of aromatic nitrogens is 1. The number of amides is 1. The number of piperidine rings is 1. The molecule has 20 heavy (non-hydrogen) atoms. The molecular weight excluding hydrogens is 254 g/mol. The predicted octanol–water partition coefficient (Wildman–Crippen LogP) is 1.24. The van der Waals surface area contributed by atoms with Crippen molar-refractivity contribution in [3.8, 4) is 0 Å². The molecule has 0 radical (unpaired) electrons. The minimum absolute atomic E-state index is 0.158. The first-order chi connectivity index (χ1) is 9.61. The van der Waals surface area contributed by atoms with Gasteiger partial charge in [-0.25, -0.2) is 0 Å². The first-order valence-corrected chi connectivity index (χ1v) is 7.16. The first-order valence-electron chi connectivity index (χ1n) is 7.16. The highest BCUT2D eigenvalue weighted by Crippen LogP contribution is 2.15. The van der Waals surface area contributed by atoms with Crippen LogP contribution in [0.5, 0.6) is 0 Å². The van der Waals surface area contributed by atoms with Crippen LogP contribution >= 0.6 is 0 Å². The molecule has 0 spiro atoms. The van der Waals surface area contributed by atoms with E-state index in [0.29, 0.717) is 24.7 Å².